The number of nitrogens with zero attached hydrogens (tertiary/aromatic N) is 1. The average Bonchev–Trinajstić information content (AvgIpc) is 2.95. The topological polar surface area (TPSA) is 49.4 Å². The lowest BCUT2D eigenvalue weighted by Crippen LogP contribution is -2.52. The van der Waals surface area contributed by atoms with E-state index in [0.717, 1.165) is 26.7 Å². The van der Waals surface area contributed by atoms with Crippen LogP contribution in [0.1, 0.15) is 48.4 Å². The normalized spacial score (nSPS) is 11.8. The second kappa shape index (κ2) is 13.9. The monoisotopic (exact) mass is 582 g/mol. The molecule has 4 rings (SSSR count). The molecule has 0 saturated carbocycles. The van der Waals surface area contributed by atoms with Crippen molar-refractivity contribution in [2.24, 2.45) is 0 Å². The van der Waals surface area contributed by atoms with Crippen molar-refractivity contribution in [2.45, 2.75) is 51.2 Å². The number of hydrogen-bond donors (Lipinski definition) is 1. The predicted molar refractivity (Wildman–Crippen MR) is 161 cm³/mol. The Morgan fingerprint density at radius 3 is 1.74 bits per heavy atom. The molecule has 4 aromatic rings. The van der Waals surface area contributed by atoms with Gasteiger partial charge >= 0.3 is 0 Å². The highest BCUT2D eigenvalue weighted by molar-refractivity contribution is 9.10. The van der Waals surface area contributed by atoms with Gasteiger partial charge in [0, 0.05) is 35.8 Å². The molecule has 5 heteroatoms. The Kier molecular flexibility index (Phi) is 10.1. The van der Waals surface area contributed by atoms with Crippen molar-refractivity contribution >= 4 is 27.7 Å². The van der Waals surface area contributed by atoms with Crippen LogP contribution >= 0.6 is 15.9 Å². The summed E-state index contributed by atoms with van der Waals surface area (Å²) in [6.45, 7) is 4.23. The van der Waals surface area contributed by atoms with Crippen molar-refractivity contribution in [3.8, 4) is 0 Å². The van der Waals surface area contributed by atoms with Crippen LogP contribution in [0.2, 0.25) is 0 Å². The van der Waals surface area contributed by atoms with Crippen LogP contribution in [0.25, 0.3) is 0 Å². The van der Waals surface area contributed by atoms with E-state index >= 15 is 0 Å². The maximum absolute atomic E-state index is 14.3. The van der Waals surface area contributed by atoms with Crippen LogP contribution in [-0.2, 0) is 22.6 Å². The Morgan fingerprint density at radius 1 is 0.718 bits per heavy atom. The molecule has 39 heavy (non-hydrogen) atoms. The first-order chi connectivity index (χ1) is 18.9. The number of rotatable bonds is 11. The molecule has 4 aromatic carbocycles. The van der Waals surface area contributed by atoms with E-state index in [4.69, 9.17) is 0 Å². The highest BCUT2D eigenvalue weighted by atomic mass is 79.9. The summed E-state index contributed by atoms with van der Waals surface area (Å²) in [5, 5.41) is 3.07. The SMILES string of the molecule is CC(C)NC(=O)[C@H](Cc1ccccc1)N(Cc1ccc(Br)cc1)C(=O)CC(c1ccccc1)c1ccccc1. The summed E-state index contributed by atoms with van der Waals surface area (Å²) in [6, 6.07) is 37.4. The van der Waals surface area contributed by atoms with Gasteiger partial charge in [0.05, 0.1) is 0 Å². The minimum atomic E-state index is -0.654. The minimum absolute atomic E-state index is 0.0400. The zero-order valence-corrected chi connectivity index (χ0v) is 24.1. The van der Waals surface area contributed by atoms with Crippen molar-refractivity contribution in [2.75, 3.05) is 0 Å². The molecule has 1 atom stereocenters. The van der Waals surface area contributed by atoms with Gasteiger partial charge in [-0.05, 0) is 48.2 Å². The second-order valence-corrected chi connectivity index (χ2v) is 11.0. The molecule has 0 fully saturated rings. The third-order valence-corrected chi connectivity index (χ3v) is 7.28. The Morgan fingerprint density at radius 2 is 1.23 bits per heavy atom. The number of halogens is 1. The third-order valence-electron chi connectivity index (χ3n) is 6.75. The zero-order chi connectivity index (χ0) is 27.6. The molecule has 0 bridgehead atoms. The Labute approximate surface area is 240 Å². The summed E-state index contributed by atoms with van der Waals surface area (Å²) in [5.41, 5.74) is 4.13. The Bertz CT molecular complexity index is 1290. The maximum Gasteiger partial charge on any atom is 0.243 e. The van der Waals surface area contributed by atoms with Crippen molar-refractivity contribution in [3.63, 3.8) is 0 Å². The van der Waals surface area contributed by atoms with Gasteiger partial charge in [0.2, 0.25) is 11.8 Å². The summed E-state index contributed by atoms with van der Waals surface area (Å²) >= 11 is 3.50. The summed E-state index contributed by atoms with van der Waals surface area (Å²) in [7, 11) is 0. The van der Waals surface area contributed by atoms with Gasteiger partial charge in [-0.25, -0.2) is 0 Å². The number of carbonyl (C=O) groups is 2. The smallest absolute Gasteiger partial charge is 0.243 e. The van der Waals surface area contributed by atoms with E-state index in [-0.39, 0.29) is 30.2 Å². The molecule has 2 amide bonds. The first-order valence-corrected chi connectivity index (χ1v) is 14.2. The van der Waals surface area contributed by atoms with E-state index in [1.165, 1.54) is 0 Å². The number of benzene rings is 4. The fourth-order valence-corrected chi connectivity index (χ4v) is 5.08. The van der Waals surface area contributed by atoms with Gasteiger partial charge in [-0.2, -0.15) is 0 Å². The summed E-state index contributed by atoms with van der Waals surface area (Å²) in [4.78, 5) is 29.8. The first-order valence-electron chi connectivity index (χ1n) is 13.4. The predicted octanol–water partition coefficient (Wildman–Crippen LogP) is 7.14. The lowest BCUT2D eigenvalue weighted by molar-refractivity contribution is -0.141. The highest BCUT2D eigenvalue weighted by Gasteiger charge is 2.32. The number of carbonyl (C=O) groups excluding carboxylic acids is 2. The first kappa shape index (κ1) is 28.3. The third kappa shape index (κ3) is 8.14. The molecule has 0 spiro atoms. The van der Waals surface area contributed by atoms with Gasteiger partial charge in [0.15, 0.2) is 0 Å². The molecule has 0 unspecified atom stereocenters. The van der Waals surface area contributed by atoms with Gasteiger partial charge in [-0.3, -0.25) is 9.59 Å². The molecule has 0 aromatic heterocycles. The number of amides is 2. The van der Waals surface area contributed by atoms with Gasteiger partial charge in [0.1, 0.15) is 6.04 Å². The molecular weight excluding hydrogens is 548 g/mol. The van der Waals surface area contributed by atoms with Gasteiger partial charge < -0.3 is 10.2 Å². The quantitative estimate of drug-likeness (QED) is 0.204. The van der Waals surface area contributed by atoms with Crippen LogP contribution in [-0.4, -0.2) is 28.8 Å². The largest absolute Gasteiger partial charge is 0.352 e. The van der Waals surface area contributed by atoms with Crippen molar-refractivity contribution in [3.05, 3.63) is 142 Å². The Hall–Kier alpha value is -3.70. The summed E-state index contributed by atoms with van der Waals surface area (Å²) in [5.74, 6) is -0.330. The maximum atomic E-state index is 14.3. The van der Waals surface area contributed by atoms with Gasteiger partial charge in [0.25, 0.3) is 0 Å². The van der Waals surface area contributed by atoms with Crippen LogP contribution < -0.4 is 5.32 Å². The van der Waals surface area contributed by atoms with E-state index in [1.807, 2.05) is 105 Å². The lowest BCUT2D eigenvalue weighted by Gasteiger charge is -2.33. The molecule has 1 N–H and O–H groups in total. The van der Waals surface area contributed by atoms with Gasteiger partial charge in [-0.15, -0.1) is 0 Å². The van der Waals surface area contributed by atoms with Crippen LogP contribution in [0.3, 0.4) is 0 Å². The minimum Gasteiger partial charge on any atom is -0.352 e. The van der Waals surface area contributed by atoms with Crippen LogP contribution in [0.5, 0.6) is 0 Å². The standard InChI is InChI=1S/C34H35BrN2O2/c1-25(2)36-34(39)32(22-26-12-6-3-7-13-26)37(24-27-18-20-30(35)21-19-27)33(38)23-31(28-14-8-4-9-15-28)29-16-10-5-11-17-29/h3-21,25,31-32H,22-24H2,1-2H3,(H,36,39)/t32-/m0/s1. The molecule has 0 aliphatic carbocycles. The van der Waals surface area contributed by atoms with Crippen molar-refractivity contribution < 1.29 is 9.59 Å². The zero-order valence-electron chi connectivity index (χ0n) is 22.5. The van der Waals surface area contributed by atoms with Crippen LogP contribution in [0, 0.1) is 0 Å². The van der Waals surface area contributed by atoms with Gasteiger partial charge in [-0.1, -0.05) is 119 Å². The van der Waals surface area contributed by atoms with E-state index in [9.17, 15) is 9.59 Å². The molecule has 4 nitrogen and oxygen atoms in total. The Balaban J connectivity index is 1.73. The summed E-state index contributed by atoms with van der Waals surface area (Å²) in [6.07, 6.45) is 0.688. The molecule has 0 aliphatic heterocycles. The van der Waals surface area contributed by atoms with Crippen LogP contribution in [0.4, 0.5) is 0 Å². The number of nitrogens with one attached hydrogen (secondary N) is 1. The fraction of sp³-hybridized carbons (Fsp3) is 0.235. The van der Waals surface area contributed by atoms with E-state index in [0.29, 0.717) is 13.0 Å². The molecule has 0 saturated heterocycles. The molecule has 0 heterocycles. The van der Waals surface area contributed by atoms with E-state index in [1.54, 1.807) is 4.90 Å². The highest BCUT2D eigenvalue weighted by Crippen LogP contribution is 2.30. The average molecular weight is 584 g/mol. The van der Waals surface area contributed by atoms with E-state index < -0.39 is 6.04 Å². The van der Waals surface area contributed by atoms with Crippen molar-refractivity contribution in [1.29, 1.82) is 0 Å². The molecule has 0 aliphatic rings. The van der Waals surface area contributed by atoms with E-state index in [2.05, 4.69) is 45.5 Å². The fourth-order valence-electron chi connectivity index (χ4n) is 4.81. The molecular formula is C34H35BrN2O2. The molecule has 0 radical (unpaired) electrons. The lowest BCUT2D eigenvalue weighted by atomic mass is 9.87. The summed E-state index contributed by atoms with van der Waals surface area (Å²) < 4.78 is 0.968. The van der Waals surface area contributed by atoms with Crippen LogP contribution in [0.15, 0.2) is 120 Å². The molecule has 200 valence electrons. The number of hydrogen-bond acceptors (Lipinski definition) is 2. The second-order valence-electron chi connectivity index (χ2n) is 10.1. The van der Waals surface area contributed by atoms with Crippen molar-refractivity contribution in [1.82, 2.24) is 10.2 Å².